The summed E-state index contributed by atoms with van der Waals surface area (Å²) in [6.45, 7) is 1.07. The van der Waals surface area contributed by atoms with E-state index >= 15 is 0 Å². The van der Waals surface area contributed by atoms with Gasteiger partial charge < -0.3 is 10.1 Å². The summed E-state index contributed by atoms with van der Waals surface area (Å²) in [4.78, 5) is 12.1. The Hall–Kier alpha value is -1.44. The van der Waals surface area contributed by atoms with Gasteiger partial charge in [-0.25, -0.2) is 12.7 Å². The number of nitrogens with one attached hydrogen (secondary N) is 1. The van der Waals surface area contributed by atoms with Gasteiger partial charge >= 0.3 is 0 Å². The van der Waals surface area contributed by atoms with E-state index in [-0.39, 0.29) is 24.3 Å². The fourth-order valence-corrected chi connectivity index (χ4v) is 3.86. The summed E-state index contributed by atoms with van der Waals surface area (Å²) in [5.74, 6) is -0.105. The van der Waals surface area contributed by atoms with E-state index in [4.69, 9.17) is 4.74 Å². The Kier molecular flexibility index (Phi) is 5.93. The SMILES string of the molecule is COCCS(=O)(=O)N1CCC(NC(=O)c2ccccc2)CC1. The third-order valence-electron chi connectivity index (χ3n) is 3.76. The van der Waals surface area contributed by atoms with Crippen LogP contribution in [0.1, 0.15) is 23.2 Å². The van der Waals surface area contributed by atoms with Gasteiger partial charge in [-0.2, -0.15) is 0 Å². The van der Waals surface area contributed by atoms with Crippen LogP contribution in [-0.4, -0.2) is 57.2 Å². The maximum absolute atomic E-state index is 12.1. The van der Waals surface area contributed by atoms with E-state index in [1.54, 1.807) is 12.1 Å². The van der Waals surface area contributed by atoms with Crippen molar-refractivity contribution < 1.29 is 17.9 Å². The monoisotopic (exact) mass is 326 g/mol. The molecule has 7 heteroatoms. The van der Waals surface area contributed by atoms with E-state index in [1.807, 2.05) is 18.2 Å². The van der Waals surface area contributed by atoms with Crippen molar-refractivity contribution in [3.8, 4) is 0 Å². The van der Waals surface area contributed by atoms with Gasteiger partial charge in [0, 0.05) is 31.8 Å². The predicted octanol–water partition coefficient (Wildman–Crippen LogP) is 0.857. The van der Waals surface area contributed by atoms with E-state index in [0.29, 0.717) is 31.5 Å². The minimum absolute atomic E-state index is 0.00451. The zero-order chi connectivity index (χ0) is 16.0. The third-order valence-corrected chi connectivity index (χ3v) is 5.60. The highest BCUT2D eigenvalue weighted by atomic mass is 32.2. The number of carbonyl (C=O) groups excluding carboxylic acids is 1. The predicted molar refractivity (Wildman–Crippen MR) is 84.2 cm³/mol. The molecule has 0 saturated carbocycles. The van der Waals surface area contributed by atoms with Crippen molar-refractivity contribution >= 4 is 15.9 Å². The number of sulfonamides is 1. The Labute approximate surface area is 131 Å². The number of nitrogens with zero attached hydrogens (tertiary/aromatic N) is 1. The highest BCUT2D eigenvalue weighted by Gasteiger charge is 2.28. The van der Waals surface area contributed by atoms with Crippen molar-refractivity contribution in [2.75, 3.05) is 32.6 Å². The molecular formula is C15H22N2O4S. The lowest BCUT2D eigenvalue weighted by molar-refractivity contribution is 0.0924. The first-order valence-corrected chi connectivity index (χ1v) is 8.96. The number of amides is 1. The first-order chi connectivity index (χ1) is 10.5. The molecule has 22 heavy (non-hydrogen) atoms. The lowest BCUT2D eigenvalue weighted by Gasteiger charge is -2.31. The maximum Gasteiger partial charge on any atom is 0.251 e. The van der Waals surface area contributed by atoms with Crippen molar-refractivity contribution in [2.24, 2.45) is 0 Å². The largest absolute Gasteiger partial charge is 0.384 e. The maximum atomic E-state index is 12.1. The van der Waals surface area contributed by atoms with Gasteiger partial charge in [0.15, 0.2) is 0 Å². The van der Waals surface area contributed by atoms with Crippen LogP contribution in [0, 0.1) is 0 Å². The normalized spacial score (nSPS) is 17.3. The lowest BCUT2D eigenvalue weighted by atomic mass is 10.1. The van der Waals surface area contributed by atoms with E-state index < -0.39 is 10.0 Å². The molecule has 2 rings (SSSR count). The first kappa shape index (κ1) is 16.9. The van der Waals surface area contributed by atoms with Gasteiger partial charge in [0.1, 0.15) is 0 Å². The number of carbonyl (C=O) groups is 1. The number of benzene rings is 1. The number of ether oxygens (including phenoxy) is 1. The fraction of sp³-hybridized carbons (Fsp3) is 0.533. The molecule has 0 unspecified atom stereocenters. The summed E-state index contributed by atoms with van der Waals surface area (Å²) >= 11 is 0. The van der Waals surface area contributed by atoms with Crippen molar-refractivity contribution in [3.63, 3.8) is 0 Å². The average Bonchev–Trinajstić information content (AvgIpc) is 2.54. The third kappa shape index (κ3) is 4.53. The van der Waals surface area contributed by atoms with Crippen LogP contribution in [0.25, 0.3) is 0 Å². The van der Waals surface area contributed by atoms with Gasteiger partial charge in [-0.15, -0.1) is 0 Å². The molecule has 0 spiro atoms. The minimum atomic E-state index is -3.25. The second-order valence-electron chi connectivity index (χ2n) is 5.32. The smallest absolute Gasteiger partial charge is 0.251 e. The zero-order valence-corrected chi connectivity index (χ0v) is 13.5. The summed E-state index contributed by atoms with van der Waals surface area (Å²) in [5, 5.41) is 2.97. The summed E-state index contributed by atoms with van der Waals surface area (Å²) in [6.07, 6.45) is 1.26. The van der Waals surface area contributed by atoms with Crippen molar-refractivity contribution in [1.82, 2.24) is 9.62 Å². The molecule has 1 heterocycles. The Balaban J connectivity index is 1.84. The molecule has 0 aliphatic carbocycles. The molecule has 1 aromatic rings. The summed E-state index contributed by atoms with van der Waals surface area (Å²) < 4.78 is 30.4. The number of methoxy groups -OCH3 is 1. The number of rotatable bonds is 6. The van der Waals surface area contributed by atoms with Crippen LogP contribution in [0.5, 0.6) is 0 Å². The van der Waals surface area contributed by atoms with Gasteiger partial charge in [0.25, 0.3) is 5.91 Å². The van der Waals surface area contributed by atoms with Crippen LogP contribution in [-0.2, 0) is 14.8 Å². The topological polar surface area (TPSA) is 75.7 Å². The Morgan fingerprint density at radius 1 is 1.27 bits per heavy atom. The summed E-state index contributed by atoms with van der Waals surface area (Å²) in [7, 11) is -1.77. The van der Waals surface area contributed by atoms with Gasteiger partial charge in [-0.1, -0.05) is 18.2 Å². The molecule has 1 amide bonds. The van der Waals surface area contributed by atoms with Crippen LogP contribution in [0.4, 0.5) is 0 Å². The Bertz CT molecular complexity index is 581. The number of hydrogen-bond donors (Lipinski definition) is 1. The Morgan fingerprint density at radius 3 is 2.50 bits per heavy atom. The molecule has 0 atom stereocenters. The standard InChI is InChI=1S/C15H22N2O4S/c1-21-11-12-22(19,20)17-9-7-14(8-10-17)16-15(18)13-5-3-2-4-6-13/h2-6,14H,7-12H2,1H3,(H,16,18). The minimum Gasteiger partial charge on any atom is -0.384 e. The zero-order valence-electron chi connectivity index (χ0n) is 12.7. The molecule has 0 bridgehead atoms. The van der Waals surface area contributed by atoms with E-state index in [1.165, 1.54) is 11.4 Å². The van der Waals surface area contributed by atoms with E-state index in [0.717, 1.165) is 0 Å². The lowest BCUT2D eigenvalue weighted by Crippen LogP contribution is -2.47. The molecule has 1 saturated heterocycles. The quantitative estimate of drug-likeness (QED) is 0.841. The molecule has 1 aromatic carbocycles. The molecule has 0 radical (unpaired) electrons. The van der Waals surface area contributed by atoms with Gasteiger partial charge in [0.2, 0.25) is 10.0 Å². The van der Waals surface area contributed by atoms with Crippen molar-refractivity contribution in [3.05, 3.63) is 35.9 Å². The van der Waals surface area contributed by atoms with E-state index in [9.17, 15) is 13.2 Å². The molecule has 1 aliphatic heterocycles. The van der Waals surface area contributed by atoms with E-state index in [2.05, 4.69) is 5.32 Å². The molecule has 0 aromatic heterocycles. The Morgan fingerprint density at radius 2 is 1.91 bits per heavy atom. The molecule has 1 N–H and O–H groups in total. The molecule has 1 fully saturated rings. The van der Waals surface area contributed by atoms with Crippen molar-refractivity contribution in [2.45, 2.75) is 18.9 Å². The van der Waals surface area contributed by atoms with Crippen LogP contribution in [0.15, 0.2) is 30.3 Å². The molecular weight excluding hydrogens is 304 g/mol. The molecule has 122 valence electrons. The van der Waals surface area contributed by atoms with Gasteiger partial charge in [-0.3, -0.25) is 4.79 Å². The fourth-order valence-electron chi connectivity index (χ4n) is 2.45. The second-order valence-corrected chi connectivity index (χ2v) is 7.41. The average molecular weight is 326 g/mol. The molecule has 6 nitrogen and oxygen atoms in total. The number of piperidine rings is 1. The number of hydrogen-bond acceptors (Lipinski definition) is 4. The van der Waals surface area contributed by atoms with Crippen molar-refractivity contribution in [1.29, 1.82) is 0 Å². The van der Waals surface area contributed by atoms with Crippen LogP contribution >= 0.6 is 0 Å². The van der Waals surface area contributed by atoms with Crippen LogP contribution in [0.2, 0.25) is 0 Å². The highest BCUT2D eigenvalue weighted by molar-refractivity contribution is 7.89. The summed E-state index contributed by atoms with van der Waals surface area (Å²) in [5.41, 5.74) is 0.623. The first-order valence-electron chi connectivity index (χ1n) is 7.35. The second kappa shape index (κ2) is 7.71. The molecule has 1 aliphatic rings. The van der Waals surface area contributed by atoms with Crippen LogP contribution < -0.4 is 5.32 Å². The van der Waals surface area contributed by atoms with Gasteiger partial charge in [0.05, 0.1) is 12.4 Å². The summed E-state index contributed by atoms with van der Waals surface area (Å²) in [6, 6.07) is 9.04. The highest BCUT2D eigenvalue weighted by Crippen LogP contribution is 2.15. The van der Waals surface area contributed by atoms with Crippen LogP contribution in [0.3, 0.4) is 0 Å². The van der Waals surface area contributed by atoms with Gasteiger partial charge in [-0.05, 0) is 25.0 Å².